The van der Waals surface area contributed by atoms with Gasteiger partial charge in [0.1, 0.15) is 12.1 Å². The van der Waals surface area contributed by atoms with Gasteiger partial charge in [0, 0.05) is 54.0 Å². The molecule has 6 heterocycles. The Kier molecular flexibility index (Phi) is 4.96. The predicted octanol–water partition coefficient (Wildman–Crippen LogP) is 2.13. The number of nitrogen functional groups attached to an aromatic ring is 1. The van der Waals surface area contributed by atoms with Crippen LogP contribution in [0.5, 0.6) is 0 Å². The molecule has 2 fully saturated rings. The molecule has 11 nitrogen and oxygen atoms in total. The Bertz CT molecular complexity index is 1580. The summed E-state index contributed by atoms with van der Waals surface area (Å²) in [4.78, 5) is 28.9. The first-order chi connectivity index (χ1) is 18.2. The highest BCUT2D eigenvalue weighted by Gasteiger charge is 2.48. The van der Waals surface area contributed by atoms with Crippen molar-refractivity contribution in [3.63, 3.8) is 0 Å². The summed E-state index contributed by atoms with van der Waals surface area (Å²) in [5, 5.41) is 14.5. The van der Waals surface area contributed by atoms with Gasteiger partial charge in [-0.3, -0.25) is 14.9 Å². The van der Waals surface area contributed by atoms with Gasteiger partial charge in [0.2, 0.25) is 5.82 Å². The van der Waals surface area contributed by atoms with Gasteiger partial charge in [0.15, 0.2) is 5.65 Å². The first kappa shape index (κ1) is 21.6. The number of amides is 1. The quantitative estimate of drug-likeness (QED) is 0.346. The van der Waals surface area contributed by atoms with Crippen LogP contribution < -0.4 is 11.1 Å². The van der Waals surface area contributed by atoms with Crippen LogP contribution in [0, 0.1) is 0 Å². The molecule has 4 N–H and O–H groups in total. The number of H-pyrrole nitrogens is 1. The number of nitrogens with one attached hydrogen (secondary N) is 2. The van der Waals surface area contributed by atoms with Gasteiger partial charge < -0.3 is 16.0 Å². The maximum Gasteiger partial charge on any atom is 0.291 e. The lowest BCUT2D eigenvalue weighted by atomic mass is 9.95. The molecule has 37 heavy (non-hydrogen) atoms. The third kappa shape index (κ3) is 3.54. The van der Waals surface area contributed by atoms with Gasteiger partial charge in [-0.15, -0.1) is 0 Å². The van der Waals surface area contributed by atoms with E-state index in [1.54, 1.807) is 10.7 Å². The summed E-state index contributed by atoms with van der Waals surface area (Å²) in [5.74, 6) is 0.647. The molecule has 0 radical (unpaired) electrons. The van der Waals surface area contributed by atoms with Gasteiger partial charge in [-0.1, -0.05) is 36.4 Å². The Morgan fingerprint density at radius 2 is 1.92 bits per heavy atom. The number of rotatable bonds is 4. The zero-order chi connectivity index (χ0) is 24.9. The summed E-state index contributed by atoms with van der Waals surface area (Å²) in [7, 11) is 0. The number of pyridine rings is 1. The summed E-state index contributed by atoms with van der Waals surface area (Å²) < 4.78 is 1.65. The van der Waals surface area contributed by atoms with E-state index in [9.17, 15) is 4.79 Å². The van der Waals surface area contributed by atoms with E-state index < -0.39 is 0 Å². The summed E-state index contributed by atoms with van der Waals surface area (Å²) in [5.41, 5.74) is 11.7. The van der Waals surface area contributed by atoms with Crippen LogP contribution in [0.4, 0.5) is 5.82 Å². The van der Waals surface area contributed by atoms with Crippen LogP contribution in [0.1, 0.15) is 28.7 Å². The summed E-state index contributed by atoms with van der Waals surface area (Å²) in [6, 6.07) is 15.9. The topological polar surface area (TPSA) is 143 Å². The van der Waals surface area contributed by atoms with Crippen molar-refractivity contribution < 1.29 is 4.79 Å². The minimum Gasteiger partial charge on any atom is -0.384 e. The van der Waals surface area contributed by atoms with Crippen molar-refractivity contribution in [3.05, 3.63) is 78.8 Å². The maximum absolute atomic E-state index is 13.2. The number of benzene rings is 1. The zero-order valence-corrected chi connectivity index (χ0v) is 19.8. The number of hydrogen-bond donors (Lipinski definition) is 3. The molecule has 1 amide bonds. The number of carbonyl (C=O) groups excluding carboxylic acids is 1. The molecule has 1 aromatic carbocycles. The van der Waals surface area contributed by atoms with Crippen LogP contribution in [-0.2, 0) is 0 Å². The van der Waals surface area contributed by atoms with Crippen molar-refractivity contribution in [1.29, 1.82) is 0 Å². The van der Waals surface area contributed by atoms with E-state index in [1.807, 2.05) is 59.6 Å². The number of hydrogen-bond acceptors (Lipinski definition) is 8. The Morgan fingerprint density at radius 3 is 2.70 bits per heavy atom. The SMILES string of the molecule is Nc1cc(C2CC3CNCC2N3C(=O)c2ncn[nH]2)nc2c(-c3ccc(-c4ccccc4)nc3)cnn12. The van der Waals surface area contributed by atoms with Gasteiger partial charge in [0.25, 0.3) is 5.91 Å². The average Bonchev–Trinajstić information content (AvgIpc) is 3.67. The lowest BCUT2D eigenvalue weighted by molar-refractivity contribution is 0.0599. The van der Waals surface area contributed by atoms with Crippen LogP contribution in [0.25, 0.3) is 28.0 Å². The fraction of sp³-hybridized carbons (Fsp3) is 0.231. The predicted molar refractivity (Wildman–Crippen MR) is 136 cm³/mol. The normalized spacial score (nSPS) is 21.0. The van der Waals surface area contributed by atoms with Crippen molar-refractivity contribution in [2.24, 2.45) is 0 Å². The third-order valence-electron chi connectivity index (χ3n) is 7.37. The van der Waals surface area contributed by atoms with Gasteiger partial charge in [0.05, 0.1) is 23.6 Å². The highest BCUT2D eigenvalue weighted by atomic mass is 16.2. The molecule has 3 unspecified atom stereocenters. The van der Waals surface area contributed by atoms with E-state index in [-0.39, 0.29) is 29.7 Å². The molecule has 2 bridgehead atoms. The van der Waals surface area contributed by atoms with Crippen molar-refractivity contribution in [2.45, 2.75) is 24.4 Å². The minimum atomic E-state index is -0.139. The first-order valence-electron chi connectivity index (χ1n) is 12.2. The van der Waals surface area contributed by atoms with E-state index >= 15 is 0 Å². The summed E-state index contributed by atoms with van der Waals surface area (Å²) in [6.07, 6.45) is 5.76. The van der Waals surface area contributed by atoms with E-state index in [0.717, 1.165) is 41.0 Å². The van der Waals surface area contributed by atoms with E-state index in [4.69, 9.17) is 10.7 Å². The number of fused-ring (bicyclic) bond motifs is 3. The zero-order valence-electron chi connectivity index (χ0n) is 19.8. The monoisotopic (exact) mass is 492 g/mol. The molecular weight excluding hydrogens is 468 g/mol. The Hall–Kier alpha value is -4.64. The number of aromatic nitrogens is 7. The Morgan fingerprint density at radius 1 is 1.03 bits per heavy atom. The lowest BCUT2D eigenvalue weighted by Gasteiger charge is -2.35. The molecule has 4 aromatic heterocycles. The number of carbonyl (C=O) groups is 1. The summed E-state index contributed by atoms with van der Waals surface area (Å²) in [6.45, 7) is 1.40. The molecule has 0 spiro atoms. The fourth-order valence-electron chi connectivity index (χ4n) is 5.65. The van der Waals surface area contributed by atoms with Crippen molar-refractivity contribution in [2.75, 3.05) is 18.8 Å². The van der Waals surface area contributed by atoms with Crippen molar-refractivity contribution in [3.8, 4) is 22.4 Å². The molecular formula is C26H24N10O. The van der Waals surface area contributed by atoms with E-state index in [2.05, 4.69) is 30.6 Å². The molecule has 7 rings (SSSR count). The number of nitrogens with zero attached hydrogens (tertiary/aromatic N) is 7. The first-order valence-corrected chi connectivity index (χ1v) is 12.2. The molecule has 11 heteroatoms. The second-order valence-electron chi connectivity index (χ2n) is 9.47. The van der Waals surface area contributed by atoms with E-state index in [1.165, 1.54) is 6.33 Å². The van der Waals surface area contributed by atoms with Gasteiger partial charge >= 0.3 is 0 Å². The number of nitrogens with two attached hydrogens (primary N) is 1. The smallest absolute Gasteiger partial charge is 0.291 e. The number of piperazine rings is 1. The number of aromatic amines is 1. The second kappa shape index (κ2) is 8.49. The Balaban J connectivity index is 1.25. The molecule has 5 aromatic rings. The Labute approximate surface area is 211 Å². The van der Waals surface area contributed by atoms with Crippen molar-refractivity contribution >= 4 is 17.4 Å². The molecule has 184 valence electrons. The standard InChI is InChI=1S/C26H24N10O/c27-23-9-21(18-8-17-11-28-13-22(18)35(17)26(37)24-30-14-31-34-24)33-25-19(12-32-36(23)25)16-6-7-20(29-10-16)15-4-2-1-3-5-15/h1-7,9-10,12,14,17-18,22,28H,8,11,13,27H2,(H,30,31,34). The van der Waals surface area contributed by atoms with Crippen LogP contribution in [-0.4, -0.2) is 70.7 Å². The summed E-state index contributed by atoms with van der Waals surface area (Å²) >= 11 is 0. The molecule has 3 atom stereocenters. The van der Waals surface area contributed by atoms with Crippen LogP contribution in [0.15, 0.2) is 67.3 Å². The molecule has 2 aliphatic rings. The number of anilines is 1. The largest absolute Gasteiger partial charge is 0.384 e. The molecule has 2 saturated heterocycles. The second-order valence-corrected chi connectivity index (χ2v) is 9.47. The van der Waals surface area contributed by atoms with Gasteiger partial charge in [-0.2, -0.15) is 14.7 Å². The van der Waals surface area contributed by atoms with Crippen molar-refractivity contribution in [1.82, 2.24) is 45.0 Å². The van der Waals surface area contributed by atoms with Gasteiger partial charge in [-0.25, -0.2) is 9.97 Å². The van der Waals surface area contributed by atoms with Crippen LogP contribution >= 0.6 is 0 Å². The minimum absolute atomic E-state index is 0.0282. The lowest BCUT2D eigenvalue weighted by Crippen LogP contribution is -2.55. The van der Waals surface area contributed by atoms with Crippen LogP contribution in [0.3, 0.4) is 0 Å². The average molecular weight is 493 g/mol. The molecule has 0 saturated carbocycles. The molecule has 0 aliphatic carbocycles. The highest BCUT2D eigenvalue weighted by molar-refractivity contribution is 5.91. The molecule has 2 aliphatic heterocycles. The maximum atomic E-state index is 13.2. The van der Waals surface area contributed by atoms with Gasteiger partial charge in [-0.05, 0) is 12.5 Å². The van der Waals surface area contributed by atoms with E-state index in [0.29, 0.717) is 18.0 Å². The highest BCUT2D eigenvalue weighted by Crippen LogP contribution is 2.40. The van der Waals surface area contributed by atoms with Crippen LogP contribution in [0.2, 0.25) is 0 Å². The fourth-order valence-corrected chi connectivity index (χ4v) is 5.65. The third-order valence-corrected chi connectivity index (χ3v) is 7.37.